The van der Waals surface area contributed by atoms with E-state index in [4.69, 9.17) is 10.5 Å². The summed E-state index contributed by atoms with van der Waals surface area (Å²) in [6.07, 6.45) is 0. The van der Waals surface area contributed by atoms with Gasteiger partial charge < -0.3 is 10.5 Å². The Labute approximate surface area is 113 Å². The molecular weight excluding hydrogens is 241 g/mol. The second-order valence-electron chi connectivity index (χ2n) is 4.73. The van der Waals surface area contributed by atoms with Crippen LogP contribution in [0.2, 0.25) is 0 Å². The third-order valence-corrected chi connectivity index (χ3v) is 3.31. The first kappa shape index (κ1) is 13.6. The molecule has 0 spiro atoms. The lowest BCUT2D eigenvalue weighted by Gasteiger charge is -2.17. The van der Waals surface area contributed by atoms with Gasteiger partial charge in [0, 0.05) is 11.6 Å². The van der Waals surface area contributed by atoms with Gasteiger partial charge in [0.1, 0.15) is 11.6 Å². The van der Waals surface area contributed by atoms with Crippen LogP contribution in [0.25, 0.3) is 0 Å². The van der Waals surface area contributed by atoms with Crippen LogP contribution in [0.4, 0.5) is 4.39 Å². The van der Waals surface area contributed by atoms with Crippen molar-refractivity contribution in [3.63, 3.8) is 0 Å². The molecule has 0 aromatic heterocycles. The molecule has 0 saturated carbocycles. The van der Waals surface area contributed by atoms with Gasteiger partial charge in [0.05, 0.1) is 13.2 Å². The average Bonchev–Trinajstić information content (AvgIpc) is 2.40. The number of methoxy groups -OCH3 is 1. The van der Waals surface area contributed by atoms with Crippen molar-refractivity contribution in [2.75, 3.05) is 7.11 Å². The predicted octanol–water partition coefficient (Wildman–Crippen LogP) is 3.50. The number of halogens is 1. The Morgan fingerprint density at radius 3 is 2.42 bits per heavy atom. The molecule has 0 heterocycles. The van der Waals surface area contributed by atoms with Gasteiger partial charge in [-0.1, -0.05) is 29.8 Å². The van der Waals surface area contributed by atoms with Gasteiger partial charge in [-0.25, -0.2) is 4.39 Å². The van der Waals surface area contributed by atoms with Crippen LogP contribution in [0.1, 0.15) is 28.3 Å². The van der Waals surface area contributed by atoms with Crippen LogP contribution in [0.5, 0.6) is 5.75 Å². The van der Waals surface area contributed by atoms with Gasteiger partial charge in [-0.15, -0.1) is 0 Å². The lowest BCUT2D eigenvalue weighted by Crippen LogP contribution is -2.15. The molecule has 0 amide bonds. The van der Waals surface area contributed by atoms with E-state index in [1.54, 1.807) is 12.1 Å². The van der Waals surface area contributed by atoms with E-state index >= 15 is 0 Å². The van der Waals surface area contributed by atoms with Gasteiger partial charge in [-0.05, 0) is 31.0 Å². The Morgan fingerprint density at radius 1 is 1.05 bits per heavy atom. The predicted molar refractivity (Wildman–Crippen MR) is 74.9 cm³/mol. The fourth-order valence-electron chi connectivity index (χ4n) is 2.15. The summed E-state index contributed by atoms with van der Waals surface area (Å²) >= 11 is 0. The zero-order valence-corrected chi connectivity index (χ0v) is 11.4. The zero-order valence-electron chi connectivity index (χ0n) is 11.4. The molecule has 0 aliphatic carbocycles. The molecule has 2 aromatic carbocycles. The minimum absolute atomic E-state index is 0.340. The van der Waals surface area contributed by atoms with E-state index in [9.17, 15) is 4.39 Å². The Hall–Kier alpha value is -1.87. The van der Waals surface area contributed by atoms with Crippen molar-refractivity contribution in [2.24, 2.45) is 5.73 Å². The summed E-state index contributed by atoms with van der Waals surface area (Å²) in [6, 6.07) is 10.3. The van der Waals surface area contributed by atoms with E-state index in [-0.39, 0.29) is 5.82 Å². The summed E-state index contributed by atoms with van der Waals surface area (Å²) in [6.45, 7) is 3.98. The monoisotopic (exact) mass is 259 g/mol. The van der Waals surface area contributed by atoms with Crippen molar-refractivity contribution in [2.45, 2.75) is 19.9 Å². The van der Waals surface area contributed by atoms with E-state index in [1.807, 2.05) is 32.0 Å². The fourth-order valence-corrected chi connectivity index (χ4v) is 2.15. The van der Waals surface area contributed by atoms with E-state index in [1.165, 1.54) is 13.2 Å². The maximum absolute atomic E-state index is 14.0. The Balaban J connectivity index is 2.43. The number of ether oxygens (including phenoxy) is 1. The summed E-state index contributed by atoms with van der Waals surface area (Å²) in [4.78, 5) is 0. The summed E-state index contributed by atoms with van der Waals surface area (Å²) in [5, 5.41) is 0. The normalized spacial score (nSPS) is 12.3. The molecule has 1 unspecified atom stereocenters. The summed E-state index contributed by atoms with van der Waals surface area (Å²) in [7, 11) is 1.51. The number of nitrogens with two attached hydrogens (primary N) is 1. The summed E-state index contributed by atoms with van der Waals surface area (Å²) < 4.78 is 19.0. The molecule has 19 heavy (non-hydrogen) atoms. The zero-order chi connectivity index (χ0) is 14.0. The topological polar surface area (TPSA) is 35.2 Å². The van der Waals surface area contributed by atoms with E-state index in [0.29, 0.717) is 11.3 Å². The summed E-state index contributed by atoms with van der Waals surface area (Å²) in [5.74, 6) is 0.155. The summed E-state index contributed by atoms with van der Waals surface area (Å²) in [5.41, 5.74) is 9.81. The molecule has 0 bridgehead atoms. The maximum atomic E-state index is 14.0. The molecule has 3 heteroatoms. The van der Waals surface area contributed by atoms with Gasteiger partial charge in [-0.2, -0.15) is 0 Å². The largest absolute Gasteiger partial charge is 0.497 e. The molecule has 2 N–H and O–H groups in total. The highest BCUT2D eigenvalue weighted by molar-refractivity contribution is 5.41. The first-order chi connectivity index (χ1) is 9.02. The van der Waals surface area contributed by atoms with Gasteiger partial charge in [0.25, 0.3) is 0 Å². The molecule has 0 saturated heterocycles. The minimum Gasteiger partial charge on any atom is -0.497 e. The minimum atomic E-state index is -0.467. The van der Waals surface area contributed by atoms with Crippen LogP contribution in [0.15, 0.2) is 36.4 Å². The number of hydrogen-bond donors (Lipinski definition) is 1. The van der Waals surface area contributed by atoms with Crippen molar-refractivity contribution in [1.82, 2.24) is 0 Å². The highest BCUT2D eigenvalue weighted by atomic mass is 19.1. The van der Waals surface area contributed by atoms with E-state index in [2.05, 4.69) is 0 Å². The molecule has 0 fully saturated rings. The number of hydrogen-bond acceptors (Lipinski definition) is 2. The van der Waals surface area contributed by atoms with Crippen LogP contribution < -0.4 is 10.5 Å². The molecule has 2 nitrogen and oxygen atoms in total. The second kappa shape index (κ2) is 5.41. The highest BCUT2D eigenvalue weighted by Gasteiger charge is 2.16. The van der Waals surface area contributed by atoms with Crippen LogP contribution in [0, 0.1) is 19.7 Å². The third-order valence-electron chi connectivity index (χ3n) is 3.31. The van der Waals surface area contributed by atoms with E-state index in [0.717, 1.165) is 16.7 Å². The number of benzene rings is 2. The standard InChI is InChI=1S/C16H18FNO/c1-10-4-5-11(2)14(8-10)16(18)13-7-6-12(19-3)9-15(13)17/h4-9,16H,18H2,1-3H3. The average molecular weight is 259 g/mol. The van der Waals surface area contributed by atoms with Crippen molar-refractivity contribution >= 4 is 0 Å². The van der Waals surface area contributed by atoms with Crippen molar-refractivity contribution < 1.29 is 9.13 Å². The number of rotatable bonds is 3. The molecule has 2 aromatic rings. The van der Waals surface area contributed by atoms with Crippen LogP contribution in [-0.2, 0) is 0 Å². The Morgan fingerprint density at radius 2 is 1.79 bits per heavy atom. The van der Waals surface area contributed by atoms with Crippen LogP contribution in [-0.4, -0.2) is 7.11 Å². The maximum Gasteiger partial charge on any atom is 0.132 e. The quantitative estimate of drug-likeness (QED) is 0.915. The van der Waals surface area contributed by atoms with Gasteiger partial charge in [0.15, 0.2) is 0 Å². The first-order valence-corrected chi connectivity index (χ1v) is 6.19. The van der Waals surface area contributed by atoms with Gasteiger partial charge in [0.2, 0.25) is 0 Å². The Kier molecular flexibility index (Phi) is 3.86. The SMILES string of the molecule is COc1ccc(C(N)c2cc(C)ccc2C)c(F)c1. The lowest BCUT2D eigenvalue weighted by molar-refractivity contribution is 0.410. The second-order valence-corrected chi connectivity index (χ2v) is 4.73. The molecule has 0 aliphatic rings. The van der Waals surface area contributed by atoms with Crippen molar-refractivity contribution in [3.8, 4) is 5.75 Å². The highest BCUT2D eigenvalue weighted by Crippen LogP contribution is 2.27. The first-order valence-electron chi connectivity index (χ1n) is 6.19. The smallest absolute Gasteiger partial charge is 0.132 e. The van der Waals surface area contributed by atoms with Crippen molar-refractivity contribution in [3.05, 3.63) is 64.5 Å². The van der Waals surface area contributed by atoms with E-state index < -0.39 is 6.04 Å². The molecule has 0 radical (unpaired) electrons. The Bertz CT molecular complexity index is 595. The third kappa shape index (κ3) is 2.76. The molecule has 100 valence electrons. The van der Waals surface area contributed by atoms with Crippen LogP contribution >= 0.6 is 0 Å². The van der Waals surface area contributed by atoms with Crippen molar-refractivity contribution in [1.29, 1.82) is 0 Å². The van der Waals surface area contributed by atoms with Gasteiger partial charge >= 0.3 is 0 Å². The lowest BCUT2D eigenvalue weighted by atomic mass is 9.94. The molecule has 1 atom stereocenters. The molecule has 2 rings (SSSR count). The number of aryl methyl sites for hydroxylation is 2. The van der Waals surface area contributed by atoms with Crippen LogP contribution in [0.3, 0.4) is 0 Å². The fraction of sp³-hybridized carbons (Fsp3) is 0.250. The molecular formula is C16H18FNO. The van der Waals surface area contributed by atoms with Gasteiger partial charge in [-0.3, -0.25) is 0 Å². The molecule has 0 aliphatic heterocycles.